The number of fused-ring (bicyclic) bond motifs is 3. The Morgan fingerprint density at radius 2 is 1.86 bits per heavy atom. The predicted molar refractivity (Wildman–Crippen MR) is 112 cm³/mol. The molecule has 0 spiro atoms. The number of rotatable bonds is 6. The summed E-state index contributed by atoms with van der Waals surface area (Å²) in [7, 11) is 0. The van der Waals surface area contributed by atoms with Crippen molar-refractivity contribution in [2.75, 3.05) is 5.32 Å². The topological polar surface area (TPSA) is 109 Å². The van der Waals surface area contributed by atoms with Gasteiger partial charge in [-0.15, -0.1) is 11.3 Å². The molecule has 4 aliphatic rings. The van der Waals surface area contributed by atoms with E-state index in [-0.39, 0.29) is 17.7 Å². The Hall–Kier alpha value is -2.15. The van der Waals surface area contributed by atoms with Crippen molar-refractivity contribution >= 4 is 34.1 Å². The summed E-state index contributed by atoms with van der Waals surface area (Å²) >= 11 is 1.44. The van der Waals surface area contributed by atoms with Crippen LogP contribution in [0.4, 0.5) is 5.00 Å². The van der Waals surface area contributed by atoms with Crippen LogP contribution in [0.25, 0.3) is 0 Å². The van der Waals surface area contributed by atoms with E-state index in [2.05, 4.69) is 12.2 Å². The first-order valence-electron chi connectivity index (χ1n) is 10.6. The van der Waals surface area contributed by atoms with Gasteiger partial charge in [0.2, 0.25) is 5.91 Å². The summed E-state index contributed by atoms with van der Waals surface area (Å²) in [6.07, 6.45) is 10.6. The van der Waals surface area contributed by atoms with Gasteiger partial charge < -0.3 is 16.2 Å². The summed E-state index contributed by atoms with van der Waals surface area (Å²) in [4.78, 5) is 38.4. The minimum absolute atomic E-state index is 0.0679. The molecule has 0 unspecified atom stereocenters. The second-order valence-electron chi connectivity index (χ2n) is 8.64. The molecule has 4 N–H and O–H groups in total. The molecule has 1 fully saturated rings. The van der Waals surface area contributed by atoms with Crippen LogP contribution in [-0.2, 0) is 22.4 Å². The number of nitrogens with two attached hydrogens (primary N) is 1. The Balaban J connectivity index is 1.61. The average Bonchev–Trinajstić information content (AvgIpc) is 3.05. The zero-order valence-corrected chi connectivity index (χ0v) is 17.5. The first-order valence-corrected chi connectivity index (χ1v) is 11.4. The summed E-state index contributed by atoms with van der Waals surface area (Å²) in [5.74, 6) is -2.63. The monoisotopic (exact) mass is 416 g/mol. The van der Waals surface area contributed by atoms with Gasteiger partial charge in [-0.05, 0) is 55.4 Å². The molecule has 1 aromatic heterocycles. The van der Waals surface area contributed by atoms with Gasteiger partial charge in [-0.1, -0.05) is 31.9 Å². The lowest BCUT2D eigenvalue weighted by Crippen LogP contribution is -2.47. The van der Waals surface area contributed by atoms with Crippen molar-refractivity contribution in [1.82, 2.24) is 0 Å². The normalized spacial score (nSPS) is 30.0. The molecular weight excluding hydrogens is 388 g/mol. The zero-order chi connectivity index (χ0) is 20.7. The third-order valence-electron chi connectivity index (χ3n) is 6.88. The number of aliphatic carboxylic acids is 1. The van der Waals surface area contributed by atoms with Crippen LogP contribution < -0.4 is 11.1 Å². The number of anilines is 1. The maximum Gasteiger partial charge on any atom is 0.307 e. The molecule has 6 nitrogen and oxygen atoms in total. The van der Waals surface area contributed by atoms with Gasteiger partial charge in [-0.25, -0.2) is 0 Å². The standard InChI is InChI=1S/C22H28N2O4S/c1-2-3-11-4-9-14-15(10-11)29-21(18(14)19(23)25)24-20(26)16-12-5-7-13(8-6-12)17(16)22(27)28/h5,7,11-13,16-17H,2-4,6,8-10H2,1H3,(H2,23,25)(H,24,26)(H,27,28)/t11-,12+,13+,16-,17+/m1/s1. The molecule has 4 aliphatic carbocycles. The van der Waals surface area contributed by atoms with E-state index in [1.54, 1.807) is 0 Å². The lowest BCUT2D eigenvalue weighted by molar-refractivity contribution is -0.151. The molecule has 0 aliphatic heterocycles. The van der Waals surface area contributed by atoms with Crippen molar-refractivity contribution in [1.29, 1.82) is 0 Å². The molecule has 1 aromatic rings. The van der Waals surface area contributed by atoms with Gasteiger partial charge in [0.05, 0.1) is 17.4 Å². The van der Waals surface area contributed by atoms with Crippen LogP contribution >= 0.6 is 11.3 Å². The molecule has 156 valence electrons. The number of carbonyl (C=O) groups excluding carboxylic acids is 2. The predicted octanol–water partition coefficient (Wildman–Crippen LogP) is 3.60. The lowest BCUT2D eigenvalue weighted by atomic mass is 9.62. The fourth-order valence-corrected chi connectivity index (χ4v) is 6.91. The Morgan fingerprint density at radius 1 is 1.17 bits per heavy atom. The number of carboxylic acids is 1. The van der Waals surface area contributed by atoms with Crippen molar-refractivity contribution < 1.29 is 19.5 Å². The van der Waals surface area contributed by atoms with Crippen molar-refractivity contribution in [2.45, 2.75) is 51.9 Å². The molecule has 5 atom stereocenters. The minimum atomic E-state index is -0.924. The van der Waals surface area contributed by atoms with Crippen LogP contribution in [0.3, 0.4) is 0 Å². The molecule has 1 heterocycles. The highest BCUT2D eigenvalue weighted by atomic mass is 32.1. The second kappa shape index (κ2) is 7.94. The molecule has 0 radical (unpaired) electrons. The van der Waals surface area contributed by atoms with Crippen LogP contribution in [-0.4, -0.2) is 22.9 Å². The largest absolute Gasteiger partial charge is 0.481 e. The Labute approximate surface area is 174 Å². The van der Waals surface area contributed by atoms with Crippen LogP contribution in [0.2, 0.25) is 0 Å². The summed E-state index contributed by atoms with van der Waals surface area (Å²) in [6.45, 7) is 2.18. The first kappa shape index (κ1) is 20.1. The van der Waals surface area contributed by atoms with E-state index in [0.29, 0.717) is 16.5 Å². The van der Waals surface area contributed by atoms with Crippen LogP contribution in [0.5, 0.6) is 0 Å². The maximum absolute atomic E-state index is 13.2. The van der Waals surface area contributed by atoms with Gasteiger partial charge in [0.15, 0.2) is 0 Å². The quantitative estimate of drug-likeness (QED) is 0.615. The number of allylic oxidation sites excluding steroid dienone is 2. The Kier molecular flexibility index (Phi) is 5.51. The molecule has 2 bridgehead atoms. The highest BCUT2D eigenvalue weighted by Crippen LogP contribution is 2.46. The van der Waals surface area contributed by atoms with E-state index in [4.69, 9.17) is 5.73 Å². The van der Waals surface area contributed by atoms with E-state index < -0.39 is 23.7 Å². The number of nitrogens with one attached hydrogen (secondary N) is 1. The van der Waals surface area contributed by atoms with Crippen molar-refractivity contribution in [3.05, 3.63) is 28.2 Å². The lowest BCUT2D eigenvalue weighted by Gasteiger charge is -2.41. The van der Waals surface area contributed by atoms with Crippen LogP contribution in [0.1, 0.15) is 59.8 Å². The van der Waals surface area contributed by atoms with Crippen LogP contribution in [0.15, 0.2) is 12.2 Å². The Bertz CT molecular complexity index is 874. The molecule has 2 amide bonds. The summed E-state index contributed by atoms with van der Waals surface area (Å²) in [5.41, 5.74) is 7.08. The number of carbonyl (C=O) groups is 3. The summed E-state index contributed by atoms with van der Waals surface area (Å²) < 4.78 is 0. The smallest absolute Gasteiger partial charge is 0.307 e. The minimum Gasteiger partial charge on any atom is -0.481 e. The molecule has 7 heteroatoms. The fraction of sp³-hybridized carbons (Fsp3) is 0.591. The zero-order valence-electron chi connectivity index (χ0n) is 16.6. The van der Waals surface area contributed by atoms with Gasteiger partial charge in [0.1, 0.15) is 5.00 Å². The summed E-state index contributed by atoms with van der Waals surface area (Å²) in [6, 6.07) is 0. The molecule has 1 saturated carbocycles. The van der Waals surface area contributed by atoms with E-state index >= 15 is 0 Å². The number of hydrogen-bond donors (Lipinski definition) is 3. The summed E-state index contributed by atoms with van der Waals surface area (Å²) in [5, 5.41) is 13.1. The fourth-order valence-electron chi connectivity index (χ4n) is 5.54. The van der Waals surface area contributed by atoms with E-state index in [0.717, 1.165) is 55.4 Å². The number of thiophene rings is 1. The van der Waals surface area contributed by atoms with Crippen molar-refractivity contribution in [2.24, 2.45) is 35.3 Å². The first-order chi connectivity index (χ1) is 13.9. The molecular formula is C22H28N2O4S. The van der Waals surface area contributed by atoms with Gasteiger partial charge in [-0.3, -0.25) is 14.4 Å². The maximum atomic E-state index is 13.2. The Morgan fingerprint density at radius 3 is 2.45 bits per heavy atom. The van der Waals surface area contributed by atoms with Gasteiger partial charge in [-0.2, -0.15) is 0 Å². The number of primary amides is 1. The highest BCUT2D eigenvalue weighted by molar-refractivity contribution is 7.17. The third-order valence-corrected chi connectivity index (χ3v) is 8.05. The number of amides is 2. The second-order valence-corrected chi connectivity index (χ2v) is 9.74. The van der Waals surface area contributed by atoms with Gasteiger partial charge in [0.25, 0.3) is 5.91 Å². The van der Waals surface area contributed by atoms with Gasteiger partial charge >= 0.3 is 5.97 Å². The van der Waals surface area contributed by atoms with E-state index in [1.165, 1.54) is 11.3 Å². The van der Waals surface area contributed by atoms with Gasteiger partial charge in [0, 0.05) is 4.88 Å². The van der Waals surface area contributed by atoms with Crippen molar-refractivity contribution in [3.63, 3.8) is 0 Å². The van der Waals surface area contributed by atoms with E-state index in [9.17, 15) is 19.5 Å². The molecule has 5 rings (SSSR count). The third kappa shape index (κ3) is 3.61. The van der Waals surface area contributed by atoms with Crippen LogP contribution in [0, 0.1) is 29.6 Å². The van der Waals surface area contributed by atoms with E-state index in [1.807, 2.05) is 12.2 Å². The average molecular weight is 417 g/mol. The molecule has 29 heavy (non-hydrogen) atoms. The highest BCUT2D eigenvalue weighted by Gasteiger charge is 2.48. The number of carboxylic acid groups (broad SMARTS) is 1. The SMILES string of the molecule is CCC[C@@H]1CCc2c(sc(NC(=O)[C@H]3[C@@H](C(=O)O)[C@H]4C=C[C@H]3CC4)c2C(N)=O)C1. The molecule has 0 saturated heterocycles. The molecule has 0 aromatic carbocycles. The number of hydrogen-bond acceptors (Lipinski definition) is 4. The van der Waals surface area contributed by atoms with Crippen molar-refractivity contribution in [3.8, 4) is 0 Å².